The van der Waals surface area contributed by atoms with E-state index in [2.05, 4.69) is 23.9 Å². The van der Waals surface area contributed by atoms with Gasteiger partial charge in [0, 0.05) is 12.1 Å². The number of unbranched alkanes of at least 4 members (excludes halogenated alkanes) is 1. The van der Waals surface area contributed by atoms with Crippen LogP contribution < -0.4 is 10.0 Å². The van der Waals surface area contributed by atoms with Crippen LogP contribution in [0.5, 0.6) is 0 Å². The standard InChI is InChI=1S/C23H31ClN2O3S/c1-5-7-8-18(6-2)15-25-23(27)19-11-12-20(24)22(14-19)30(28,29)26-21-13-16(3)9-10-17(21)4/h9-14,18,26H,5-8,15H2,1-4H3,(H,25,27)/t18-/m1/s1. The first-order valence-electron chi connectivity index (χ1n) is 10.4. The molecular weight excluding hydrogens is 420 g/mol. The topological polar surface area (TPSA) is 75.3 Å². The number of aryl methyl sites for hydroxylation is 2. The fraction of sp³-hybridized carbons (Fsp3) is 0.435. The Labute approximate surface area is 185 Å². The summed E-state index contributed by atoms with van der Waals surface area (Å²) in [4.78, 5) is 12.5. The second-order valence-electron chi connectivity index (χ2n) is 7.70. The summed E-state index contributed by atoms with van der Waals surface area (Å²) in [6, 6.07) is 9.84. The summed E-state index contributed by atoms with van der Waals surface area (Å²) in [6.07, 6.45) is 4.30. The Morgan fingerprint density at radius 2 is 1.83 bits per heavy atom. The summed E-state index contributed by atoms with van der Waals surface area (Å²) in [5, 5.41) is 2.99. The molecule has 0 aliphatic heterocycles. The molecule has 0 heterocycles. The zero-order valence-corrected chi connectivity index (χ0v) is 19.7. The maximum atomic E-state index is 13.0. The normalized spacial score (nSPS) is 12.4. The van der Waals surface area contributed by atoms with Crippen molar-refractivity contribution >= 4 is 33.2 Å². The van der Waals surface area contributed by atoms with Crippen molar-refractivity contribution in [3.05, 3.63) is 58.1 Å². The van der Waals surface area contributed by atoms with Gasteiger partial charge in [0.2, 0.25) is 0 Å². The summed E-state index contributed by atoms with van der Waals surface area (Å²) in [5.74, 6) is 0.111. The number of nitrogens with one attached hydrogen (secondary N) is 2. The van der Waals surface area contributed by atoms with Crippen LogP contribution >= 0.6 is 11.6 Å². The molecule has 2 aromatic carbocycles. The summed E-state index contributed by atoms with van der Waals surface area (Å²) in [5.41, 5.74) is 2.49. The van der Waals surface area contributed by atoms with E-state index in [1.54, 1.807) is 12.1 Å². The van der Waals surface area contributed by atoms with Crippen molar-refractivity contribution in [1.29, 1.82) is 0 Å². The second kappa shape index (κ2) is 10.8. The van der Waals surface area contributed by atoms with E-state index in [1.165, 1.54) is 12.1 Å². The van der Waals surface area contributed by atoms with E-state index in [9.17, 15) is 13.2 Å². The van der Waals surface area contributed by atoms with E-state index in [0.717, 1.165) is 36.8 Å². The Hall–Kier alpha value is -2.05. The third-order valence-electron chi connectivity index (χ3n) is 5.21. The molecular formula is C23H31ClN2O3S. The van der Waals surface area contributed by atoms with E-state index < -0.39 is 10.0 Å². The molecule has 0 saturated carbocycles. The predicted octanol–water partition coefficient (Wildman–Crippen LogP) is 5.70. The molecule has 2 rings (SSSR count). The molecule has 0 aliphatic carbocycles. The average Bonchev–Trinajstić information content (AvgIpc) is 2.70. The summed E-state index contributed by atoms with van der Waals surface area (Å²) in [7, 11) is -3.95. The third kappa shape index (κ3) is 6.47. The van der Waals surface area contributed by atoms with Gasteiger partial charge in [0.1, 0.15) is 4.90 Å². The molecule has 0 radical (unpaired) electrons. The van der Waals surface area contributed by atoms with Crippen molar-refractivity contribution in [2.24, 2.45) is 5.92 Å². The number of carbonyl (C=O) groups excluding carboxylic acids is 1. The first-order chi connectivity index (χ1) is 14.2. The Balaban J connectivity index is 2.21. The first-order valence-corrected chi connectivity index (χ1v) is 12.2. The van der Waals surface area contributed by atoms with Crippen LogP contribution in [0, 0.1) is 19.8 Å². The third-order valence-corrected chi connectivity index (χ3v) is 7.06. The molecule has 2 N–H and O–H groups in total. The minimum atomic E-state index is -3.95. The highest BCUT2D eigenvalue weighted by Crippen LogP contribution is 2.27. The number of anilines is 1. The van der Waals surface area contributed by atoms with Gasteiger partial charge in [-0.3, -0.25) is 9.52 Å². The first kappa shape index (κ1) is 24.2. The predicted molar refractivity (Wildman–Crippen MR) is 124 cm³/mol. The lowest BCUT2D eigenvalue weighted by atomic mass is 9.99. The molecule has 30 heavy (non-hydrogen) atoms. The summed E-state index contributed by atoms with van der Waals surface area (Å²) in [6.45, 7) is 8.54. The summed E-state index contributed by atoms with van der Waals surface area (Å²) >= 11 is 6.18. The van der Waals surface area contributed by atoms with Crippen LogP contribution in [0.3, 0.4) is 0 Å². The van der Waals surface area contributed by atoms with Gasteiger partial charge in [-0.15, -0.1) is 0 Å². The van der Waals surface area contributed by atoms with Crippen molar-refractivity contribution in [2.75, 3.05) is 11.3 Å². The highest BCUT2D eigenvalue weighted by atomic mass is 35.5. The smallest absolute Gasteiger partial charge is 0.263 e. The van der Waals surface area contributed by atoms with Gasteiger partial charge in [0.05, 0.1) is 10.7 Å². The molecule has 0 unspecified atom stereocenters. The monoisotopic (exact) mass is 450 g/mol. The Bertz CT molecular complexity index is 990. The second-order valence-corrected chi connectivity index (χ2v) is 9.75. The van der Waals surface area contributed by atoms with Crippen LogP contribution in [-0.4, -0.2) is 20.9 Å². The maximum absolute atomic E-state index is 13.0. The van der Waals surface area contributed by atoms with E-state index in [1.807, 2.05) is 26.0 Å². The number of amides is 1. The van der Waals surface area contributed by atoms with Gasteiger partial charge in [-0.2, -0.15) is 0 Å². The molecule has 1 amide bonds. The van der Waals surface area contributed by atoms with E-state index in [-0.39, 0.29) is 21.4 Å². The van der Waals surface area contributed by atoms with Gasteiger partial charge >= 0.3 is 0 Å². The van der Waals surface area contributed by atoms with Gasteiger partial charge in [0.15, 0.2) is 0 Å². The lowest BCUT2D eigenvalue weighted by Gasteiger charge is -2.16. The molecule has 164 valence electrons. The van der Waals surface area contributed by atoms with Gasteiger partial charge in [-0.05, 0) is 61.6 Å². The quantitative estimate of drug-likeness (QED) is 0.487. The van der Waals surface area contributed by atoms with Crippen molar-refractivity contribution in [2.45, 2.75) is 58.3 Å². The zero-order chi connectivity index (χ0) is 22.3. The minimum absolute atomic E-state index is 0.0683. The zero-order valence-electron chi connectivity index (χ0n) is 18.1. The van der Waals surface area contributed by atoms with Crippen LogP contribution in [0.25, 0.3) is 0 Å². The van der Waals surface area contributed by atoms with E-state index in [0.29, 0.717) is 18.2 Å². The van der Waals surface area contributed by atoms with Crippen molar-refractivity contribution in [1.82, 2.24) is 5.32 Å². The van der Waals surface area contributed by atoms with Crippen LogP contribution in [0.4, 0.5) is 5.69 Å². The van der Waals surface area contributed by atoms with Gasteiger partial charge in [-0.25, -0.2) is 8.42 Å². The van der Waals surface area contributed by atoms with Crippen molar-refractivity contribution in [3.63, 3.8) is 0 Å². The SMILES string of the molecule is CCCC[C@@H](CC)CNC(=O)c1ccc(Cl)c(S(=O)(=O)Nc2cc(C)ccc2C)c1. The highest BCUT2D eigenvalue weighted by molar-refractivity contribution is 7.92. The highest BCUT2D eigenvalue weighted by Gasteiger charge is 2.21. The van der Waals surface area contributed by atoms with Gasteiger partial charge < -0.3 is 5.32 Å². The van der Waals surface area contributed by atoms with E-state index >= 15 is 0 Å². The minimum Gasteiger partial charge on any atom is -0.352 e. The number of sulfonamides is 1. The number of carbonyl (C=O) groups is 1. The number of hydrogen-bond donors (Lipinski definition) is 2. The van der Waals surface area contributed by atoms with Crippen LogP contribution in [0.1, 0.15) is 61.0 Å². The fourth-order valence-electron chi connectivity index (χ4n) is 3.18. The van der Waals surface area contributed by atoms with Crippen molar-refractivity contribution < 1.29 is 13.2 Å². The molecule has 0 spiro atoms. The number of halogens is 1. The fourth-order valence-corrected chi connectivity index (χ4v) is 4.83. The molecule has 0 fully saturated rings. The molecule has 0 saturated heterocycles. The molecule has 0 bridgehead atoms. The van der Waals surface area contributed by atoms with Crippen LogP contribution in [0.15, 0.2) is 41.3 Å². The Kier molecular flexibility index (Phi) is 8.74. The molecule has 0 aromatic heterocycles. The molecule has 5 nitrogen and oxygen atoms in total. The molecule has 0 aliphatic rings. The van der Waals surface area contributed by atoms with Crippen LogP contribution in [0.2, 0.25) is 5.02 Å². The lowest BCUT2D eigenvalue weighted by Crippen LogP contribution is -2.29. The summed E-state index contributed by atoms with van der Waals surface area (Å²) < 4.78 is 28.5. The van der Waals surface area contributed by atoms with Gasteiger partial charge in [-0.1, -0.05) is 56.8 Å². The molecule has 1 atom stereocenters. The molecule has 2 aromatic rings. The Morgan fingerprint density at radius 3 is 2.50 bits per heavy atom. The Morgan fingerprint density at radius 1 is 1.10 bits per heavy atom. The molecule has 7 heteroatoms. The lowest BCUT2D eigenvalue weighted by molar-refractivity contribution is 0.0945. The number of benzene rings is 2. The van der Waals surface area contributed by atoms with Gasteiger partial charge in [0.25, 0.3) is 15.9 Å². The van der Waals surface area contributed by atoms with Crippen LogP contribution in [-0.2, 0) is 10.0 Å². The van der Waals surface area contributed by atoms with E-state index in [4.69, 9.17) is 11.6 Å². The number of rotatable bonds is 10. The number of hydrogen-bond acceptors (Lipinski definition) is 3. The largest absolute Gasteiger partial charge is 0.352 e. The maximum Gasteiger partial charge on any atom is 0.263 e. The average molecular weight is 451 g/mol. The van der Waals surface area contributed by atoms with Crippen molar-refractivity contribution in [3.8, 4) is 0 Å².